The van der Waals surface area contributed by atoms with Gasteiger partial charge < -0.3 is 20.4 Å². The lowest BCUT2D eigenvalue weighted by atomic mass is 10.1. The van der Waals surface area contributed by atoms with Gasteiger partial charge >= 0.3 is 0 Å². The molecule has 2 heterocycles. The van der Waals surface area contributed by atoms with Crippen molar-refractivity contribution < 1.29 is 0 Å². The summed E-state index contributed by atoms with van der Waals surface area (Å²) in [7, 11) is 2.17. The summed E-state index contributed by atoms with van der Waals surface area (Å²) in [4.78, 5) is 9.57. The molecule has 166 valence electrons. The molecule has 30 heavy (non-hydrogen) atoms. The standard InChI is InChI=1S/C21H32ClN7.HI/c1-3-23-21(24-9-5-11-29-12-6-10-26-29)25-17-18-19(22)7-4-8-20(18)28-15-13-27(2)14-16-28;/h4,6-8,10,12H,3,5,9,11,13-17H2,1-2H3,(H2,23,24,25);1H. The van der Waals surface area contributed by atoms with Crippen LogP contribution in [0.1, 0.15) is 18.9 Å². The number of nitrogens with one attached hydrogen (secondary N) is 2. The summed E-state index contributed by atoms with van der Waals surface area (Å²) < 4.78 is 1.94. The number of guanidine groups is 1. The predicted molar refractivity (Wildman–Crippen MR) is 136 cm³/mol. The molecule has 2 aromatic rings. The van der Waals surface area contributed by atoms with Gasteiger partial charge in [-0.1, -0.05) is 17.7 Å². The summed E-state index contributed by atoms with van der Waals surface area (Å²) in [5.41, 5.74) is 2.29. The molecular formula is C21H33ClIN7. The second-order valence-corrected chi connectivity index (χ2v) is 7.68. The van der Waals surface area contributed by atoms with E-state index >= 15 is 0 Å². The van der Waals surface area contributed by atoms with E-state index in [4.69, 9.17) is 16.6 Å². The minimum Gasteiger partial charge on any atom is -0.369 e. The lowest BCUT2D eigenvalue weighted by Crippen LogP contribution is -2.44. The zero-order chi connectivity index (χ0) is 20.5. The number of rotatable bonds is 8. The van der Waals surface area contributed by atoms with Gasteiger partial charge in [-0.3, -0.25) is 4.68 Å². The first-order chi connectivity index (χ1) is 14.2. The van der Waals surface area contributed by atoms with Crippen molar-refractivity contribution in [2.45, 2.75) is 26.4 Å². The van der Waals surface area contributed by atoms with Gasteiger partial charge in [0.2, 0.25) is 0 Å². The molecule has 0 aliphatic carbocycles. The maximum Gasteiger partial charge on any atom is 0.191 e. The van der Waals surface area contributed by atoms with Crippen LogP contribution in [0.3, 0.4) is 0 Å². The van der Waals surface area contributed by atoms with E-state index < -0.39 is 0 Å². The molecule has 3 rings (SSSR count). The molecule has 2 N–H and O–H groups in total. The van der Waals surface area contributed by atoms with Crippen molar-refractivity contribution in [1.82, 2.24) is 25.3 Å². The van der Waals surface area contributed by atoms with E-state index in [9.17, 15) is 0 Å². The fourth-order valence-electron chi connectivity index (χ4n) is 3.43. The molecule has 0 amide bonds. The number of nitrogens with zero attached hydrogens (tertiary/aromatic N) is 5. The smallest absolute Gasteiger partial charge is 0.191 e. The zero-order valence-electron chi connectivity index (χ0n) is 17.9. The highest BCUT2D eigenvalue weighted by Crippen LogP contribution is 2.29. The molecule has 1 aliphatic rings. The minimum absolute atomic E-state index is 0. The van der Waals surface area contributed by atoms with Crippen LogP contribution in [0.15, 0.2) is 41.7 Å². The molecule has 1 aromatic heterocycles. The van der Waals surface area contributed by atoms with Gasteiger partial charge in [-0.15, -0.1) is 24.0 Å². The normalized spacial score (nSPS) is 15.0. The number of anilines is 1. The van der Waals surface area contributed by atoms with Crippen LogP contribution in [0.5, 0.6) is 0 Å². The van der Waals surface area contributed by atoms with Gasteiger partial charge in [-0.25, -0.2) is 4.99 Å². The molecule has 1 aliphatic heterocycles. The van der Waals surface area contributed by atoms with Crippen LogP contribution in [0, 0.1) is 0 Å². The summed E-state index contributed by atoms with van der Waals surface area (Å²) in [6.45, 7) is 9.32. The van der Waals surface area contributed by atoms with E-state index in [2.05, 4.69) is 45.6 Å². The number of hydrogen-bond donors (Lipinski definition) is 2. The summed E-state index contributed by atoms with van der Waals surface area (Å²) in [6.07, 6.45) is 4.77. The molecule has 0 unspecified atom stereocenters. The zero-order valence-corrected chi connectivity index (χ0v) is 20.9. The number of halogens is 2. The summed E-state index contributed by atoms with van der Waals surface area (Å²) in [5.74, 6) is 0.817. The van der Waals surface area contributed by atoms with Crippen molar-refractivity contribution in [2.24, 2.45) is 4.99 Å². The van der Waals surface area contributed by atoms with E-state index in [0.717, 1.165) is 68.8 Å². The van der Waals surface area contributed by atoms with Crippen LogP contribution in [0.4, 0.5) is 5.69 Å². The van der Waals surface area contributed by atoms with Crippen molar-refractivity contribution in [1.29, 1.82) is 0 Å². The highest BCUT2D eigenvalue weighted by atomic mass is 127. The first-order valence-corrected chi connectivity index (χ1v) is 10.8. The average Bonchev–Trinajstić information content (AvgIpc) is 3.24. The molecule has 7 nitrogen and oxygen atoms in total. The Bertz CT molecular complexity index is 774. The maximum absolute atomic E-state index is 6.56. The van der Waals surface area contributed by atoms with Crippen molar-refractivity contribution in [3.8, 4) is 0 Å². The first-order valence-electron chi connectivity index (χ1n) is 10.4. The number of piperazine rings is 1. The van der Waals surface area contributed by atoms with Gasteiger partial charge in [-0.2, -0.15) is 5.10 Å². The van der Waals surface area contributed by atoms with E-state index in [1.165, 1.54) is 5.69 Å². The Kier molecular flexibility index (Phi) is 10.7. The largest absolute Gasteiger partial charge is 0.369 e. The van der Waals surface area contributed by atoms with Gasteiger partial charge in [0, 0.05) is 74.5 Å². The van der Waals surface area contributed by atoms with E-state index in [-0.39, 0.29) is 24.0 Å². The third-order valence-electron chi connectivity index (χ3n) is 5.09. The topological polar surface area (TPSA) is 60.7 Å². The van der Waals surface area contributed by atoms with Crippen LogP contribution in [-0.2, 0) is 13.1 Å². The molecular weight excluding hydrogens is 513 g/mol. The molecule has 0 saturated carbocycles. The number of aromatic nitrogens is 2. The van der Waals surface area contributed by atoms with E-state index in [0.29, 0.717) is 6.54 Å². The first kappa shape index (κ1) is 24.7. The molecule has 0 spiro atoms. The lowest BCUT2D eigenvalue weighted by Gasteiger charge is -2.35. The number of aliphatic imine (C=N–C) groups is 1. The van der Waals surface area contributed by atoms with Crippen LogP contribution in [0.25, 0.3) is 0 Å². The Morgan fingerprint density at radius 2 is 1.97 bits per heavy atom. The summed E-state index contributed by atoms with van der Waals surface area (Å²) >= 11 is 6.56. The molecule has 0 atom stereocenters. The van der Waals surface area contributed by atoms with Gasteiger partial charge in [-0.05, 0) is 38.6 Å². The minimum atomic E-state index is 0. The Balaban J connectivity index is 0.00000320. The number of benzene rings is 1. The lowest BCUT2D eigenvalue weighted by molar-refractivity contribution is 0.312. The van der Waals surface area contributed by atoms with Crippen molar-refractivity contribution in [2.75, 3.05) is 51.2 Å². The van der Waals surface area contributed by atoms with Crippen LogP contribution < -0.4 is 15.5 Å². The van der Waals surface area contributed by atoms with E-state index in [1.807, 2.05) is 29.1 Å². The second-order valence-electron chi connectivity index (χ2n) is 7.27. The monoisotopic (exact) mass is 545 g/mol. The predicted octanol–water partition coefficient (Wildman–Crippen LogP) is 3.05. The number of aryl methyl sites for hydroxylation is 1. The summed E-state index contributed by atoms with van der Waals surface area (Å²) in [6, 6.07) is 8.09. The highest BCUT2D eigenvalue weighted by Gasteiger charge is 2.18. The fraction of sp³-hybridized carbons (Fsp3) is 0.524. The average molecular weight is 546 g/mol. The van der Waals surface area contributed by atoms with Gasteiger partial charge in [0.1, 0.15) is 0 Å². The molecule has 0 radical (unpaired) electrons. The van der Waals surface area contributed by atoms with E-state index in [1.54, 1.807) is 6.20 Å². The quantitative estimate of drug-likeness (QED) is 0.231. The Hall–Kier alpha value is -1.52. The number of likely N-dealkylation sites (N-methyl/N-ethyl adjacent to an activating group) is 1. The van der Waals surface area contributed by atoms with Crippen LogP contribution in [-0.4, -0.2) is 67.0 Å². The third-order valence-corrected chi connectivity index (χ3v) is 5.45. The van der Waals surface area contributed by atoms with Gasteiger partial charge in [0.05, 0.1) is 6.54 Å². The molecule has 1 fully saturated rings. The van der Waals surface area contributed by atoms with Gasteiger partial charge in [0.15, 0.2) is 5.96 Å². The highest BCUT2D eigenvalue weighted by molar-refractivity contribution is 14.0. The Morgan fingerprint density at radius 1 is 1.17 bits per heavy atom. The molecule has 0 bridgehead atoms. The van der Waals surface area contributed by atoms with Crippen LogP contribution >= 0.6 is 35.6 Å². The molecule has 1 aromatic carbocycles. The van der Waals surface area contributed by atoms with Crippen molar-refractivity contribution in [3.05, 3.63) is 47.2 Å². The fourth-order valence-corrected chi connectivity index (χ4v) is 3.66. The van der Waals surface area contributed by atoms with Crippen molar-refractivity contribution >= 4 is 47.2 Å². The molecule has 1 saturated heterocycles. The van der Waals surface area contributed by atoms with Crippen LogP contribution in [0.2, 0.25) is 5.02 Å². The Morgan fingerprint density at radius 3 is 2.67 bits per heavy atom. The van der Waals surface area contributed by atoms with Crippen molar-refractivity contribution in [3.63, 3.8) is 0 Å². The molecule has 9 heteroatoms. The second kappa shape index (κ2) is 13.0. The number of hydrogen-bond acceptors (Lipinski definition) is 4. The summed E-state index contributed by atoms with van der Waals surface area (Å²) in [5, 5.41) is 11.7. The van der Waals surface area contributed by atoms with Gasteiger partial charge in [0.25, 0.3) is 0 Å². The third kappa shape index (κ3) is 7.31. The SMILES string of the molecule is CCNC(=NCc1c(Cl)cccc1N1CCN(C)CC1)NCCCn1cccn1.I. The Labute approximate surface area is 201 Å². The maximum atomic E-state index is 6.56.